The minimum atomic E-state index is -0.149. The van der Waals surface area contributed by atoms with Gasteiger partial charge in [-0.1, -0.05) is 60.3 Å². The first kappa shape index (κ1) is 19.1. The number of hydrogen-bond acceptors (Lipinski definition) is 2. The van der Waals surface area contributed by atoms with Crippen molar-refractivity contribution < 1.29 is 4.39 Å². The molecular formula is C27H22FNS. The minimum absolute atomic E-state index is 0.149. The van der Waals surface area contributed by atoms with E-state index in [9.17, 15) is 4.39 Å². The summed E-state index contributed by atoms with van der Waals surface area (Å²) in [5, 5.41) is 6.81. The van der Waals surface area contributed by atoms with Crippen LogP contribution in [0, 0.1) is 16.3 Å². The van der Waals surface area contributed by atoms with E-state index in [1.165, 1.54) is 44.9 Å². The van der Waals surface area contributed by atoms with Gasteiger partial charge in [-0.05, 0) is 81.3 Å². The van der Waals surface area contributed by atoms with Gasteiger partial charge >= 0.3 is 0 Å². The third kappa shape index (κ3) is 3.78. The highest BCUT2D eigenvalue weighted by Gasteiger charge is 2.11. The summed E-state index contributed by atoms with van der Waals surface area (Å²) in [7, 11) is 0. The Morgan fingerprint density at radius 2 is 1.77 bits per heavy atom. The average Bonchev–Trinajstić information content (AvgIpc) is 3.05. The van der Waals surface area contributed by atoms with E-state index >= 15 is 0 Å². The van der Waals surface area contributed by atoms with Crippen molar-refractivity contribution in [2.75, 3.05) is 0 Å². The van der Waals surface area contributed by atoms with Crippen LogP contribution in [0.25, 0.3) is 12.2 Å². The Hall–Kier alpha value is -2.91. The lowest BCUT2D eigenvalue weighted by Crippen LogP contribution is -2.19. The van der Waals surface area contributed by atoms with Gasteiger partial charge in [0, 0.05) is 22.9 Å². The maximum atomic E-state index is 13.5. The SMILES string of the molecule is C1=CSc2ccccc2C=N1.Fc1ccc2c(c1)=c1ccc3c(c1CC=2)CCCC=3. The highest BCUT2D eigenvalue weighted by molar-refractivity contribution is 8.02. The van der Waals surface area contributed by atoms with Crippen LogP contribution < -0.4 is 10.4 Å². The van der Waals surface area contributed by atoms with E-state index in [0.29, 0.717) is 0 Å². The first-order valence-corrected chi connectivity index (χ1v) is 11.2. The molecule has 0 bridgehead atoms. The third-order valence-electron chi connectivity index (χ3n) is 5.77. The number of nitrogens with zero attached hydrogens (tertiary/aromatic N) is 1. The smallest absolute Gasteiger partial charge is 0.123 e. The molecule has 0 fully saturated rings. The first-order chi connectivity index (χ1) is 14.8. The zero-order chi connectivity index (χ0) is 20.3. The molecule has 0 saturated carbocycles. The fraction of sp³-hybridized carbons (Fsp3) is 0.148. The Morgan fingerprint density at radius 3 is 2.73 bits per heavy atom. The van der Waals surface area contributed by atoms with E-state index in [-0.39, 0.29) is 5.82 Å². The van der Waals surface area contributed by atoms with Gasteiger partial charge in [0.25, 0.3) is 0 Å². The van der Waals surface area contributed by atoms with E-state index < -0.39 is 0 Å². The van der Waals surface area contributed by atoms with Gasteiger partial charge in [-0.2, -0.15) is 0 Å². The quantitative estimate of drug-likeness (QED) is 0.492. The van der Waals surface area contributed by atoms with E-state index in [2.05, 4.69) is 41.4 Å². The predicted octanol–water partition coefficient (Wildman–Crippen LogP) is 5.25. The third-order valence-corrected chi connectivity index (χ3v) is 6.65. The van der Waals surface area contributed by atoms with Crippen molar-refractivity contribution in [2.45, 2.75) is 30.6 Å². The molecule has 1 heterocycles. The minimum Gasteiger partial charge on any atom is -0.264 e. The standard InChI is InChI=1S/C18H15F.C9H7NS/c19-14-8-5-13-7-9-16-15-4-2-1-3-12(15)6-10-17(16)18(13)11-14;1-2-4-9-8(3-1)7-10-5-6-11-9/h3,5-8,10-11H,1-2,4,9H2;1-7H. The van der Waals surface area contributed by atoms with Crippen molar-refractivity contribution >= 4 is 30.1 Å². The molecule has 6 rings (SSSR count). The number of rotatable bonds is 0. The van der Waals surface area contributed by atoms with Crippen molar-refractivity contribution in [3.8, 4) is 0 Å². The van der Waals surface area contributed by atoms with Crippen molar-refractivity contribution in [3.63, 3.8) is 0 Å². The zero-order valence-corrected chi connectivity index (χ0v) is 17.5. The van der Waals surface area contributed by atoms with Gasteiger partial charge in [-0.15, -0.1) is 0 Å². The van der Waals surface area contributed by atoms with Crippen LogP contribution >= 0.6 is 11.8 Å². The second kappa shape index (κ2) is 8.45. The van der Waals surface area contributed by atoms with E-state index in [1.807, 2.05) is 36.0 Å². The molecule has 2 aliphatic carbocycles. The van der Waals surface area contributed by atoms with Gasteiger partial charge in [0.1, 0.15) is 5.82 Å². The van der Waals surface area contributed by atoms with Gasteiger partial charge in [0.05, 0.1) is 0 Å². The number of thioether (sulfide) groups is 1. The van der Waals surface area contributed by atoms with Gasteiger partial charge in [-0.3, -0.25) is 4.99 Å². The molecular weight excluding hydrogens is 389 g/mol. The van der Waals surface area contributed by atoms with Gasteiger partial charge in [0.2, 0.25) is 0 Å². The second-order valence-corrected chi connectivity index (χ2v) is 8.56. The van der Waals surface area contributed by atoms with Crippen molar-refractivity contribution in [1.29, 1.82) is 0 Å². The molecule has 3 aromatic carbocycles. The fourth-order valence-electron chi connectivity index (χ4n) is 4.33. The van der Waals surface area contributed by atoms with Crippen LogP contribution in [-0.2, 0) is 12.8 Å². The highest BCUT2D eigenvalue weighted by atomic mass is 32.2. The lowest BCUT2D eigenvalue weighted by molar-refractivity contribution is 0.626. The molecule has 0 N–H and O–H groups in total. The maximum Gasteiger partial charge on any atom is 0.123 e. The summed E-state index contributed by atoms with van der Waals surface area (Å²) in [6.45, 7) is 0. The van der Waals surface area contributed by atoms with Gasteiger partial charge in [-0.25, -0.2) is 4.39 Å². The maximum absolute atomic E-state index is 13.5. The van der Waals surface area contributed by atoms with Gasteiger partial charge in [0.15, 0.2) is 0 Å². The molecule has 1 aliphatic heterocycles. The molecule has 30 heavy (non-hydrogen) atoms. The Kier molecular flexibility index (Phi) is 5.37. The van der Waals surface area contributed by atoms with Crippen LogP contribution in [-0.4, -0.2) is 6.21 Å². The Morgan fingerprint density at radius 1 is 0.867 bits per heavy atom. The molecule has 0 radical (unpaired) electrons. The van der Waals surface area contributed by atoms with Crippen LogP contribution in [0.15, 0.2) is 76.1 Å². The molecule has 1 nitrogen and oxygen atoms in total. The van der Waals surface area contributed by atoms with E-state index in [0.717, 1.165) is 23.3 Å². The number of fused-ring (bicyclic) bond motifs is 5. The molecule has 0 amide bonds. The van der Waals surface area contributed by atoms with Crippen LogP contribution in [0.1, 0.15) is 29.5 Å². The molecule has 0 unspecified atom stereocenters. The number of halogens is 1. The second-order valence-electron chi connectivity index (χ2n) is 7.61. The molecule has 148 valence electrons. The number of hydrogen-bond donors (Lipinski definition) is 0. The monoisotopic (exact) mass is 411 g/mol. The van der Waals surface area contributed by atoms with Crippen molar-refractivity contribution in [1.82, 2.24) is 0 Å². The number of aliphatic imine (C=N–C) groups is 1. The summed E-state index contributed by atoms with van der Waals surface area (Å²) in [5.74, 6) is -0.149. The summed E-state index contributed by atoms with van der Waals surface area (Å²) in [6.07, 6.45) is 12.8. The van der Waals surface area contributed by atoms with Crippen molar-refractivity contribution in [2.24, 2.45) is 4.99 Å². The number of benzene rings is 3. The predicted molar refractivity (Wildman–Crippen MR) is 124 cm³/mol. The van der Waals surface area contributed by atoms with Crippen LogP contribution in [0.4, 0.5) is 4.39 Å². The normalized spacial score (nSPS) is 15.1. The zero-order valence-electron chi connectivity index (χ0n) is 16.6. The van der Waals surface area contributed by atoms with Gasteiger partial charge < -0.3 is 0 Å². The summed E-state index contributed by atoms with van der Waals surface area (Å²) in [6, 6.07) is 17.7. The fourth-order valence-corrected chi connectivity index (χ4v) is 5.02. The van der Waals surface area contributed by atoms with Crippen LogP contribution in [0.2, 0.25) is 0 Å². The summed E-state index contributed by atoms with van der Waals surface area (Å²) in [4.78, 5) is 5.35. The van der Waals surface area contributed by atoms with Crippen LogP contribution in [0.5, 0.6) is 0 Å². The summed E-state index contributed by atoms with van der Waals surface area (Å²) < 4.78 is 13.5. The Bertz CT molecular complexity index is 1390. The van der Waals surface area contributed by atoms with Crippen LogP contribution in [0.3, 0.4) is 0 Å². The lowest BCUT2D eigenvalue weighted by Gasteiger charge is -2.16. The molecule has 0 aromatic heterocycles. The Balaban J connectivity index is 0.000000149. The van der Waals surface area contributed by atoms with E-state index in [4.69, 9.17) is 0 Å². The largest absolute Gasteiger partial charge is 0.264 e. The molecule has 3 heteroatoms. The lowest BCUT2D eigenvalue weighted by atomic mass is 9.89. The molecule has 0 atom stereocenters. The highest BCUT2D eigenvalue weighted by Crippen LogP contribution is 2.24. The topological polar surface area (TPSA) is 12.4 Å². The molecule has 3 aliphatic rings. The van der Waals surface area contributed by atoms with Crippen molar-refractivity contribution in [3.05, 3.63) is 110 Å². The van der Waals surface area contributed by atoms with E-state index in [1.54, 1.807) is 23.9 Å². The molecule has 0 saturated heterocycles. The molecule has 0 spiro atoms. The molecule has 3 aromatic rings. The Labute approximate surface area is 179 Å². The summed E-state index contributed by atoms with van der Waals surface area (Å²) in [5.41, 5.74) is 4.09. The average molecular weight is 412 g/mol. The first-order valence-electron chi connectivity index (χ1n) is 10.3. The summed E-state index contributed by atoms with van der Waals surface area (Å²) >= 11 is 1.70.